The lowest BCUT2D eigenvalue weighted by atomic mass is 9.69. The molecule has 2 aliphatic rings. The van der Waals surface area contributed by atoms with Crippen molar-refractivity contribution < 1.29 is 4.79 Å². The van der Waals surface area contributed by atoms with Gasteiger partial charge in [-0.15, -0.1) is 0 Å². The van der Waals surface area contributed by atoms with Crippen LogP contribution >= 0.6 is 11.6 Å². The summed E-state index contributed by atoms with van der Waals surface area (Å²) in [7, 11) is 0. The van der Waals surface area contributed by atoms with Gasteiger partial charge in [-0.3, -0.25) is 18.7 Å². The number of hydrogen-bond donors (Lipinski definition) is 1. The first-order chi connectivity index (χ1) is 16.7. The molecule has 0 unspecified atom stereocenters. The summed E-state index contributed by atoms with van der Waals surface area (Å²) in [6.07, 6.45) is 1.05. The van der Waals surface area contributed by atoms with Crippen LogP contribution in [0.4, 0.5) is 5.82 Å². The fraction of sp³-hybridized carbons (Fsp3) is 0.321. The molecule has 0 bridgehead atoms. The van der Waals surface area contributed by atoms with E-state index in [1.807, 2.05) is 42.5 Å². The van der Waals surface area contributed by atoms with E-state index >= 15 is 0 Å². The number of anilines is 1. The lowest BCUT2D eigenvalue weighted by Crippen LogP contribution is -2.46. The summed E-state index contributed by atoms with van der Waals surface area (Å²) in [5.41, 5.74) is 2.62. The highest BCUT2D eigenvalue weighted by molar-refractivity contribution is 6.30. The minimum atomic E-state index is -0.574. The molecule has 7 heteroatoms. The Labute approximate surface area is 208 Å². The second kappa shape index (κ2) is 8.68. The minimum Gasteiger partial charge on any atom is -0.344 e. The predicted octanol–water partition coefficient (Wildman–Crippen LogP) is 4.93. The van der Waals surface area contributed by atoms with Crippen molar-refractivity contribution in [1.82, 2.24) is 9.13 Å². The summed E-state index contributed by atoms with van der Waals surface area (Å²) in [6, 6.07) is 17.0. The fourth-order valence-corrected chi connectivity index (χ4v) is 5.49. The van der Waals surface area contributed by atoms with Crippen LogP contribution in [0.15, 0.2) is 75.5 Å². The van der Waals surface area contributed by atoms with E-state index in [-0.39, 0.29) is 29.0 Å². The van der Waals surface area contributed by atoms with E-state index in [2.05, 4.69) is 19.2 Å². The van der Waals surface area contributed by atoms with Crippen LogP contribution in [0, 0.1) is 5.41 Å². The molecule has 1 aromatic heterocycles. The van der Waals surface area contributed by atoms with Gasteiger partial charge in [0.1, 0.15) is 5.82 Å². The molecule has 1 N–H and O–H groups in total. The van der Waals surface area contributed by atoms with Gasteiger partial charge in [-0.05, 0) is 42.0 Å². The molecule has 2 aromatic carbocycles. The zero-order valence-corrected chi connectivity index (χ0v) is 20.9. The summed E-state index contributed by atoms with van der Waals surface area (Å²) in [4.78, 5) is 40.8. The van der Waals surface area contributed by atoms with Crippen molar-refractivity contribution in [3.63, 3.8) is 0 Å². The number of ketones is 1. The summed E-state index contributed by atoms with van der Waals surface area (Å²) in [5, 5.41) is 3.98. The predicted molar refractivity (Wildman–Crippen MR) is 138 cm³/mol. The van der Waals surface area contributed by atoms with E-state index < -0.39 is 5.92 Å². The van der Waals surface area contributed by atoms with Crippen LogP contribution in [0.2, 0.25) is 5.02 Å². The molecule has 0 radical (unpaired) electrons. The Kier molecular flexibility index (Phi) is 5.80. The molecular weight excluding hydrogens is 462 g/mol. The Balaban J connectivity index is 1.82. The molecule has 35 heavy (non-hydrogen) atoms. The first-order valence-corrected chi connectivity index (χ1v) is 12.3. The van der Waals surface area contributed by atoms with Crippen molar-refractivity contribution in [3.8, 4) is 0 Å². The van der Waals surface area contributed by atoms with Crippen LogP contribution in [-0.4, -0.2) is 14.9 Å². The first kappa shape index (κ1) is 23.4. The molecular formula is C28H28ClN3O3. The smallest absolute Gasteiger partial charge is 0.332 e. The van der Waals surface area contributed by atoms with Gasteiger partial charge in [0.15, 0.2) is 5.78 Å². The summed E-state index contributed by atoms with van der Waals surface area (Å²) in [5.74, 6) is -0.0783. The van der Waals surface area contributed by atoms with E-state index in [4.69, 9.17) is 11.6 Å². The van der Waals surface area contributed by atoms with Gasteiger partial charge < -0.3 is 5.32 Å². The maximum absolute atomic E-state index is 13.8. The number of hydrogen-bond acceptors (Lipinski definition) is 4. The molecule has 0 amide bonds. The summed E-state index contributed by atoms with van der Waals surface area (Å²) < 4.78 is 2.89. The van der Waals surface area contributed by atoms with Crippen molar-refractivity contribution in [1.29, 1.82) is 0 Å². The topological polar surface area (TPSA) is 73.1 Å². The SMILES string of the molecule is CCn1c(=O)c2c(n(Cc3ccccc3)c1=O)NC1=C(C(=O)CC(C)(C)C1)[C@H]2c1ccc(Cl)cc1. The van der Waals surface area contributed by atoms with Crippen molar-refractivity contribution in [2.75, 3.05) is 5.32 Å². The number of aromatic nitrogens is 2. The van der Waals surface area contributed by atoms with E-state index in [1.165, 1.54) is 4.57 Å². The zero-order valence-electron chi connectivity index (χ0n) is 20.1. The number of Topliss-reactive ketones (excluding diaryl/α,β-unsaturated/α-hetero) is 1. The van der Waals surface area contributed by atoms with E-state index in [9.17, 15) is 14.4 Å². The number of carbonyl (C=O) groups excluding carboxylic acids is 1. The minimum absolute atomic E-state index is 0.0256. The Morgan fingerprint density at radius 3 is 2.31 bits per heavy atom. The van der Waals surface area contributed by atoms with Crippen LogP contribution in [0.3, 0.4) is 0 Å². The number of rotatable bonds is 4. The van der Waals surface area contributed by atoms with E-state index in [0.717, 1.165) is 16.8 Å². The molecule has 3 aromatic rings. The third-order valence-corrected chi connectivity index (χ3v) is 7.18. The molecule has 2 heterocycles. The Morgan fingerprint density at radius 1 is 0.971 bits per heavy atom. The van der Waals surface area contributed by atoms with Gasteiger partial charge in [-0.25, -0.2) is 4.79 Å². The van der Waals surface area contributed by atoms with Gasteiger partial charge in [-0.2, -0.15) is 0 Å². The second-order valence-electron chi connectivity index (χ2n) is 10.1. The van der Waals surface area contributed by atoms with Crippen LogP contribution in [-0.2, 0) is 17.9 Å². The molecule has 0 saturated carbocycles. The quantitative estimate of drug-likeness (QED) is 0.563. The molecule has 0 saturated heterocycles. The second-order valence-corrected chi connectivity index (χ2v) is 10.5. The summed E-state index contributed by atoms with van der Waals surface area (Å²) in [6.45, 7) is 6.46. The first-order valence-electron chi connectivity index (χ1n) is 11.9. The molecule has 180 valence electrons. The molecule has 5 rings (SSSR count). The van der Waals surface area contributed by atoms with Gasteiger partial charge in [0.25, 0.3) is 5.56 Å². The standard InChI is InChI=1S/C28H28ClN3O3/c1-4-31-26(34)24-22(18-10-12-19(29)13-11-18)23-20(14-28(2,3)15-21(23)33)30-25(24)32(27(31)35)16-17-8-6-5-7-9-17/h5-13,22,30H,4,14-16H2,1-3H3/t22-/m1/s1. The summed E-state index contributed by atoms with van der Waals surface area (Å²) >= 11 is 6.17. The van der Waals surface area contributed by atoms with Gasteiger partial charge >= 0.3 is 5.69 Å². The van der Waals surface area contributed by atoms with Gasteiger partial charge in [0.2, 0.25) is 0 Å². The number of halogens is 1. The van der Waals surface area contributed by atoms with Crippen molar-refractivity contribution >= 4 is 23.2 Å². The molecule has 1 aliphatic heterocycles. The van der Waals surface area contributed by atoms with Crippen LogP contribution in [0.25, 0.3) is 0 Å². The van der Waals surface area contributed by atoms with Crippen molar-refractivity contribution in [2.24, 2.45) is 5.41 Å². The molecule has 1 aliphatic carbocycles. The monoisotopic (exact) mass is 489 g/mol. The Hall–Kier alpha value is -3.38. The third-order valence-electron chi connectivity index (χ3n) is 6.93. The number of carbonyl (C=O) groups is 1. The van der Waals surface area contributed by atoms with Crippen molar-refractivity contribution in [2.45, 2.75) is 52.6 Å². The average Bonchev–Trinajstić information content (AvgIpc) is 2.81. The molecule has 6 nitrogen and oxygen atoms in total. The Morgan fingerprint density at radius 2 is 1.66 bits per heavy atom. The number of nitrogens with zero attached hydrogens (tertiary/aromatic N) is 2. The maximum Gasteiger partial charge on any atom is 0.332 e. The molecule has 0 fully saturated rings. The van der Waals surface area contributed by atoms with E-state index in [1.54, 1.807) is 23.6 Å². The highest BCUT2D eigenvalue weighted by Gasteiger charge is 2.43. The number of allylic oxidation sites excluding steroid dienone is 2. The van der Waals surface area contributed by atoms with Crippen LogP contribution < -0.4 is 16.6 Å². The Bertz CT molecular complexity index is 1460. The van der Waals surface area contributed by atoms with Gasteiger partial charge in [0, 0.05) is 35.2 Å². The molecule has 0 spiro atoms. The van der Waals surface area contributed by atoms with E-state index in [0.29, 0.717) is 41.4 Å². The maximum atomic E-state index is 13.8. The highest BCUT2D eigenvalue weighted by atomic mass is 35.5. The highest BCUT2D eigenvalue weighted by Crippen LogP contribution is 2.47. The zero-order chi connectivity index (χ0) is 24.9. The normalized spacial score (nSPS) is 18.6. The number of fused-ring (bicyclic) bond motifs is 1. The molecule has 1 atom stereocenters. The number of nitrogens with one attached hydrogen (secondary N) is 1. The average molecular weight is 490 g/mol. The fourth-order valence-electron chi connectivity index (χ4n) is 5.36. The lowest BCUT2D eigenvalue weighted by molar-refractivity contribution is -0.118. The van der Waals surface area contributed by atoms with Gasteiger partial charge in [0.05, 0.1) is 12.1 Å². The third kappa shape index (κ3) is 4.06. The van der Waals surface area contributed by atoms with Crippen LogP contribution in [0.5, 0.6) is 0 Å². The van der Waals surface area contributed by atoms with Crippen LogP contribution in [0.1, 0.15) is 56.2 Å². The lowest BCUT2D eigenvalue weighted by Gasteiger charge is -2.39. The number of benzene rings is 2. The van der Waals surface area contributed by atoms with Gasteiger partial charge in [-0.1, -0.05) is 67.9 Å². The largest absolute Gasteiger partial charge is 0.344 e. The van der Waals surface area contributed by atoms with Crippen molar-refractivity contribution in [3.05, 3.63) is 108 Å².